The van der Waals surface area contributed by atoms with Crippen LogP contribution in [0.2, 0.25) is 0 Å². The molecule has 0 bridgehead atoms. The lowest BCUT2D eigenvalue weighted by Gasteiger charge is -2.32. The second-order valence-corrected chi connectivity index (χ2v) is 8.17. The number of ether oxygens (including phenoxy) is 1. The zero-order valence-electron chi connectivity index (χ0n) is 18.3. The van der Waals surface area contributed by atoms with Gasteiger partial charge in [0.1, 0.15) is 0 Å². The highest BCUT2D eigenvalue weighted by Crippen LogP contribution is 2.27. The van der Waals surface area contributed by atoms with Crippen molar-refractivity contribution in [2.24, 2.45) is 0 Å². The van der Waals surface area contributed by atoms with E-state index in [0.717, 1.165) is 44.4 Å². The summed E-state index contributed by atoms with van der Waals surface area (Å²) in [6.07, 6.45) is 4.14. The van der Waals surface area contributed by atoms with Gasteiger partial charge >= 0.3 is 0 Å². The molecule has 2 aliphatic rings. The summed E-state index contributed by atoms with van der Waals surface area (Å²) in [5.41, 5.74) is 3.40. The Morgan fingerprint density at radius 2 is 2.22 bits per heavy atom. The zero-order chi connectivity index (χ0) is 22.5. The molecule has 9 heteroatoms. The fourth-order valence-electron chi connectivity index (χ4n) is 4.20. The van der Waals surface area contributed by atoms with Gasteiger partial charge in [-0.2, -0.15) is 4.98 Å². The highest BCUT2D eigenvalue weighted by molar-refractivity contribution is 5.87. The molecule has 1 aromatic heterocycles. The van der Waals surface area contributed by atoms with Crippen molar-refractivity contribution < 1.29 is 13.9 Å². The average Bonchev–Trinajstić information content (AvgIpc) is 3.21. The van der Waals surface area contributed by atoms with Crippen LogP contribution in [0.1, 0.15) is 24.0 Å². The molecule has 4 rings (SSSR count). The second-order valence-electron chi connectivity index (χ2n) is 8.17. The summed E-state index contributed by atoms with van der Waals surface area (Å²) in [5.74, 6) is -0.185. The SMILES string of the molecule is C=CC(=O)N1CCC[C@@H](Nc2nc(Nc3ccc4c(c3)CN(CCOC)C4)ncc2F)C1. The Hall–Kier alpha value is -3.04. The highest BCUT2D eigenvalue weighted by atomic mass is 19.1. The predicted molar refractivity (Wildman–Crippen MR) is 121 cm³/mol. The number of hydrogen-bond acceptors (Lipinski definition) is 7. The number of carbonyl (C=O) groups is 1. The van der Waals surface area contributed by atoms with Crippen LogP contribution in [0, 0.1) is 5.82 Å². The van der Waals surface area contributed by atoms with E-state index in [1.165, 1.54) is 17.2 Å². The third-order valence-electron chi connectivity index (χ3n) is 5.85. The van der Waals surface area contributed by atoms with Gasteiger partial charge in [-0.1, -0.05) is 12.6 Å². The van der Waals surface area contributed by atoms with Crippen LogP contribution < -0.4 is 10.6 Å². The van der Waals surface area contributed by atoms with E-state index in [1.807, 2.05) is 6.07 Å². The molecule has 2 aliphatic heterocycles. The third kappa shape index (κ3) is 5.23. The van der Waals surface area contributed by atoms with E-state index in [4.69, 9.17) is 4.74 Å². The van der Waals surface area contributed by atoms with Crippen LogP contribution in [-0.2, 0) is 22.6 Å². The molecule has 2 N–H and O–H groups in total. The van der Waals surface area contributed by atoms with E-state index >= 15 is 0 Å². The van der Waals surface area contributed by atoms with Crippen LogP contribution in [0.4, 0.5) is 21.8 Å². The van der Waals surface area contributed by atoms with E-state index < -0.39 is 5.82 Å². The van der Waals surface area contributed by atoms with Gasteiger partial charge in [0, 0.05) is 51.6 Å². The van der Waals surface area contributed by atoms with Gasteiger partial charge in [0.2, 0.25) is 11.9 Å². The molecule has 170 valence electrons. The zero-order valence-corrected chi connectivity index (χ0v) is 18.3. The average molecular weight is 441 g/mol. The molecule has 3 heterocycles. The molecule has 0 radical (unpaired) electrons. The number of fused-ring (bicyclic) bond motifs is 1. The molecule has 1 aromatic carbocycles. The number of methoxy groups -OCH3 is 1. The van der Waals surface area contributed by atoms with Crippen LogP contribution in [0.3, 0.4) is 0 Å². The Morgan fingerprint density at radius 3 is 3.03 bits per heavy atom. The topological polar surface area (TPSA) is 82.6 Å². The fourth-order valence-corrected chi connectivity index (χ4v) is 4.20. The maximum Gasteiger partial charge on any atom is 0.246 e. The number of carbonyl (C=O) groups excluding carboxylic acids is 1. The molecule has 0 aliphatic carbocycles. The van der Waals surface area contributed by atoms with Gasteiger partial charge in [-0.15, -0.1) is 0 Å². The monoisotopic (exact) mass is 440 g/mol. The van der Waals surface area contributed by atoms with Crippen molar-refractivity contribution in [3.8, 4) is 0 Å². The summed E-state index contributed by atoms with van der Waals surface area (Å²) >= 11 is 0. The summed E-state index contributed by atoms with van der Waals surface area (Å²) in [4.78, 5) is 24.4. The first-order valence-electron chi connectivity index (χ1n) is 10.9. The van der Waals surface area contributed by atoms with Crippen LogP contribution in [0.5, 0.6) is 0 Å². The van der Waals surface area contributed by atoms with Gasteiger partial charge in [0.15, 0.2) is 11.6 Å². The summed E-state index contributed by atoms with van der Waals surface area (Å²) in [7, 11) is 1.71. The molecular formula is C23H29FN6O2. The molecule has 0 spiro atoms. The van der Waals surface area contributed by atoms with Crippen molar-refractivity contribution >= 4 is 23.4 Å². The van der Waals surface area contributed by atoms with E-state index in [9.17, 15) is 9.18 Å². The second kappa shape index (κ2) is 10.1. The molecule has 32 heavy (non-hydrogen) atoms. The maximum atomic E-state index is 14.4. The number of nitrogens with zero attached hydrogens (tertiary/aromatic N) is 4. The molecule has 1 saturated heterocycles. The van der Waals surface area contributed by atoms with Crippen molar-refractivity contribution in [3.05, 3.63) is 54.0 Å². The van der Waals surface area contributed by atoms with Crippen molar-refractivity contribution in [2.75, 3.05) is 44.0 Å². The fraction of sp³-hybridized carbons (Fsp3) is 0.435. The number of amides is 1. The number of likely N-dealkylation sites (tertiary alicyclic amines) is 1. The predicted octanol–water partition coefficient (Wildman–Crippen LogP) is 2.91. The molecule has 1 fully saturated rings. The summed E-state index contributed by atoms with van der Waals surface area (Å²) in [6.45, 7) is 8.09. The van der Waals surface area contributed by atoms with E-state index in [2.05, 4.69) is 44.2 Å². The number of nitrogens with one attached hydrogen (secondary N) is 2. The molecule has 0 saturated carbocycles. The number of aromatic nitrogens is 2. The van der Waals surface area contributed by atoms with Crippen molar-refractivity contribution in [3.63, 3.8) is 0 Å². The molecule has 1 amide bonds. The smallest absolute Gasteiger partial charge is 0.246 e. The molecule has 2 aromatic rings. The number of piperidine rings is 1. The number of rotatable bonds is 8. The molecule has 1 atom stereocenters. The van der Waals surface area contributed by atoms with Gasteiger partial charge in [0.25, 0.3) is 0 Å². The van der Waals surface area contributed by atoms with E-state index in [-0.39, 0.29) is 17.8 Å². The molecular weight excluding hydrogens is 411 g/mol. The van der Waals surface area contributed by atoms with Crippen molar-refractivity contribution in [2.45, 2.75) is 32.0 Å². The van der Waals surface area contributed by atoms with Gasteiger partial charge < -0.3 is 20.3 Å². The number of halogens is 1. The number of hydrogen-bond donors (Lipinski definition) is 2. The van der Waals surface area contributed by atoms with Crippen LogP contribution in [0.25, 0.3) is 0 Å². The minimum absolute atomic E-state index is 0.0806. The maximum absolute atomic E-state index is 14.4. The highest BCUT2D eigenvalue weighted by Gasteiger charge is 2.24. The lowest BCUT2D eigenvalue weighted by atomic mass is 10.1. The first-order chi connectivity index (χ1) is 15.6. The van der Waals surface area contributed by atoms with Crippen molar-refractivity contribution in [1.82, 2.24) is 19.8 Å². The van der Waals surface area contributed by atoms with Gasteiger partial charge in [-0.25, -0.2) is 9.37 Å². The lowest BCUT2D eigenvalue weighted by Crippen LogP contribution is -2.44. The van der Waals surface area contributed by atoms with Gasteiger partial charge in [-0.05, 0) is 42.2 Å². The van der Waals surface area contributed by atoms with Gasteiger partial charge in [-0.3, -0.25) is 9.69 Å². The Kier molecular flexibility index (Phi) is 6.96. The first-order valence-corrected chi connectivity index (χ1v) is 10.9. The third-order valence-corrected chi connectivity index (χ3v) is 5.85. The Morgan fingerprint density at radius 1 is 1.38 bits per heavy atom. The largest absolute Gasteiger partial charge is 0.383 e. The van der Waals surface area contributed by atoms with Crippen LogP contribution in [-0.4, -0.2) is 65.1 Å². The minimum atomic E-state index is -0.523. The molecule has 0 unspecified atom stereocenters. The van der Waals surface area contributed by atoms with Crippen LogP contribution in [0.15, 0.2) is 37.1 Å². The first kappa shape index (κ1) is 22.2. The standard InChI is InChI=1S/C23H29FN6O2/c1-3-21(31)30-8-4-5-19(15-30)26-22-20(24)12-25-23(28-22)27-18-7-6-16-13-29(9-10-32-2)14-17(16)11-18/h3,6-7,11-12,19H,1,4-5,8-10,13-15H2,2H3,(H2,25,26,27,28)/t19-/m1/s1. The van der Waals surface area contributed by atoms with E-state index in [1.54, 1.807) is 12.0 Å². The minimum Gasteiger partial charge on any atom is -0.383 e. The normalized spacial score (nSPS) is 18.3. The van der Waals surface area contributed by atoms with Gasteiger partial charge in [0.05, 0.1) is 12.8 Å². The summed E-state index contributed by atoms with van der Waals surface area (Å²) < 4.78 is 19.6. The number of benzene rings is 1. The molecule has 8 nitrogen and oxygen atoms in total. The number of anilines is 3. The Labute approximate surface area is 187 Å². The summed E-state index contributed by atoms with van der Waals surface area (Å²) in [6, 6.07) is 6.09. The Bertz CT molecular complexity index is 985. The lowest BCUT2D eigenvalue weighted by molar-refractivity contribution is -0.127. The van der Waals surface area contributed by atoms with Crippen molar-refractivity contribution in [1.29, 1.82) is 0 Å². The van der Waals surface area contributed by atoms with E-state index in [0.29, 0.717) is 25.6 Å². The quantitative estimate of drug-likeness (QED) is 0.611. The Balaban J connectivity index is 1.41. The summed E-state index contributed by atoms with van der Waals surface area (Å²) in [5, 5.41) is 6.32. The van der Waals surface area contributed by atoms with Crippen LogP contribution >= 0.6 is 0 Å².